The molecule has 0 saturated carbocycles. The van der Waals surface area contributed by atoms with E-state index in [1.807, 2.05) is 24.4 Å². The minimum atomic E-state index is -0.157. The molecule has 20 heavy (non-hydrogen) atoms. The Balaban J connectivity index is 0.00000161. The molecule has 3 nitrogen and oxygen atoms in total. The summed E-state index contributed by atoms with van der Waals surface area (Å²) in [5.74, 6) is -0.308. The second-order valence-electron chi connectivity index (χ2n) is 4.67. The fourth-order valence-electron chi connectivity index (χ4n) is 2.20. The molecular formula is C17H15NO2. The number of Topliss-reactive ketones (excluding diaryl/α,β-unsaturated/α-hetero) is 2. The number of rotatable bonds is 4. The van der Waals surface area contributed by atoms with Crippen LogP contribution in [-0.2, 0) is 0 Å². The van der Waals surface area contributed by atoms with Gasteiger partial charge in [0.2, 0.25) is 0 Å². The van der Waals surface area contributed by atoms with Crippen molar-refractivity contribution in [2.45, 2.75) is 6.42 Å². The summed E-state index contributed by atoms with van der Waals surface area (Å²) in [5.41, 5.74) is 2.04. The molecule has 3 aromatic rings. The fraction of sp³-hybridized carbons (Fsp3) is 0.0588. The molecule has 1 heterocycles. The second kappa shape index (κ2) is 5.13. The van der Waals surface area contributed by atoms with Crippen LogP contribution in [0.3, 0.4) is 0 Å². The molecule has 0 aliphatic heterocycles. The van der Waals surface area contributed by atoms with Gasteiger partial charge in [0.1, 0.15) is 0 Å². The van der Waals surface area contributed by atoms with Crippen LogP contribution >= 0.6 is 0 Å². The highest BCUT2D eigenvalue weighted by molar-refractivity contribution is 6.14. The van der Waals surface area contributed by atoms with E-state index in [0.717, 1.165) is 10.9 Å². The average molecular weight is 265 g/mol. The number of nitrogens with one attached hydrogen (secondary N) is 1. The maximum absolute atomic E-state index is 12.2. The van der Waals surface area contributed by atoms with E-state index in [2.05, 4.69) is 4.98 Å². The van der Waals surface area contributed by atoms with E-state index in [1.54, 1.807) is 36.4 Å². The number of ketones is 2. The van der Waals surface area contributed by atoms with E-state index in [1.165, 1.54) is 0 Å². The van der Waals surface area contributed by atoms with Gasteiger partial charge in [0.05, 0.1) is 6.42 Å². The van der Waals surface area contributed by atoms with Gasteiger partial charge in [0.15, 0.2) is 11.6 Å². The Bertz CT molecular complexity index is 778. The molecule has 3 rings (SSSR count). The SMILES string of the molecule is O=C(CC(=O)c1ccc2cc[nH]c2c1)c1ccccc1.[HH]. The standard InChI is InChI=1S/C17H13NO2.H2/c19-16(13-4-2-1-3-5-13)11-17(20)14-7-6-12-8-9-18-15(12)10-14;/h1-10,18H,11H2;1H. The van der Waals surface area contributed by atoms with Gasteiger partial charge in [-0.3, -0.25) is 9.59 Å². The number of benzene rings is 2. The minimum Gasteiger partial charge on any atom is -0.361 e. The Hall–Kier alpha value is -2.68. The predicted molar refractivity (Wildman–Crippen MR) is 80.1 cm³/mol. The Kier molecular flexibility index (Phi) is 3.17. The van der Waals surface area contributed by atoms with Gasteiger partial charge >= 0.3 is 0 Å². The van der Waals surface area contributed by atoms with Crippen LogP contribution in [-0.4, -0.2) is 16.6 Å². The zero-order valence-electron chi connectivity index (χ0n) is 10.8. The lowest BCUT2D eigenvalue weighted by atomic mass is 10.0. The number of hydrogen-bond acceptors (Lipinski definition) is 2. The molecule has 0 radical (unpaired) electrons. The first-order chi connectivity index (χ1) is 9.74. The van der Waals surface area contributed by atoms with Crippen LogP contribution < -0.4 is 0 Å². The van der Waals surface area contributed by atoms with Crippen LogP contribution in [0.5, 0.6) is 0 Å². The second-order valence-corrected chi connectivity index (χ2v) is 4.67. The van der Waals surface area contributed by atoms with Crippen LogP contribution in [0.2, 0.25) is 0 Å². The maximum Gasteiger partial charge on any atom is 0.170 e. The van der Waals surface area contributed by atoms with E-state index >= 15 is 0 Å². The highest BCUT2D eigenvalue weighted by Gasteiger charge is 2.13. The van der Waals surface area contributed by atoms with E-state index in [-0.39, 0.29) is 19.4 Å². The number of aromatic amines is 1. The zero-order chi connectivity index (χ0) is 13.9. The molecule has 0 amide bonds. The monoisotopic (exact) mass is 265 g/mol. The van der Waals surface area contributed by atoms with Gasteiger partial charge < -0.3 is 4.98 Å². The Morgan fingerprint density at radius 3 is 2.45 bits per heavy atom. The predicted octanol–water partition coefficient (Wildman–Crippen LogP) is 3.87. The van der Waals surface area contributed by atoms with Crippen LogP contribution in [0.4, 0.5) is 0 Å². The average Bonchev–Trinajstić information content (AvgIpc) is 2.95. The van der Waals surface area contributed by atoms with Crippen LogP contribution in [0, 0.1) is 0 Å². The number of carbonyl (C=O) groups excluding carboxylic acids is 2. The molecular weight excluding hydrogens is 250 g/mol. The van der Waals surface area contributed by atoms with Crippen molar-refractivity contribution in [3.05, 3.63) is 71.9 Å². The van der Waals surface area contributed by atoms with E-state index in [9.17, 15) is 9.59 Å². The Labute approximate surface area is 117 Å². The minimum absolute atomic E-state index is 0. The first kappa shape index (κ1) is 12.4. The molecule has 2 aromatic carbocycles. The van der Waals surface area contributed by atoms with Crippen molar-refractivity contribution >= 4 is 22.5 Å². The molecule has 0 aliphatic carbocycles. The highest BCUT2D eigenvalue weighted by atomic mass is 16.1. The van der Waals surface area contributed by atoms with Crippen molar-refractivity contribution in [1.82, 2.24) is 4.98 Å². The van der Waals surface area contributed by atoms with E-state index in [4.69, 9.17) is 0 Å². The van der Waals surface area contributed by atoms with Crippen molar-refractivity contribution in [3.8, 4) is 0 Å². The first-order valence-electron chi connectivity index (χ1n) is 6.42. The Morgan fingerprint density at radius 1 is 0.900 bits per heavy atom. The lowest BCUT2D eigenvalue weighted by molar-refractivity contribution is 0.0894. The van der Waals surface area contributed by atoms with Crippen LogP contribution in [0.1, 0.15) is 28.6 Å². The summed E-state index contributed by atoms with van der Waals surface area (Å²) in [7, 11) is 0. The summed E-state index contributed by atoms with van der Waals surface area (Å²) in [6.45, 7) is 0. The number of fused-ring (bicyclic) bond motifs is 1. The van der Waals surface area contributed by atoms with E-state index < -0.39 is 0 Å². The molecule has 0 unspecified atom stereocenters. The quantitative estimate of drug-likeness (QED) is 0.575. The molecule has 0 spiro atoms. The summed E-state index contributed by atoms with van der Waals surface area (Å²) in [6.07, 6.45) is 1.73. The van der Waals surface area contributed by atoms with Crippen molar-refractivity contribution < 1.29 is 11.0 Å². The third kappa shape index (κ3) is 2.38. The third-order valence-electron chi connectivity index (χ3n) is 3.29. The number of hydrogen-bond donors (Lipinski definition) is 1. The number of H-pyrrole nitrogens is 1. The topological polar surface area (TPSA) is 49.9 Å². The zero-order valence-corrected chi connectivity index (χ0v) is 10.8. The highest BCUT2D eigenvalue weighted by Crippen LogP contribution is 2.16. The Morgan fingerprint density at radius 2 is 1.65 bits per heavy atom. The van der Waals surface area contributed by atoms with Gasteiger partial charge in [-0.2, -0.15) is 0 Å². The summed E-state index contributed by atoms with van der Waals surface area (Å²) < 4.78 is 0. The number of carbonyl (C=O) groups is 2. The molecule has 100 valence electrons. The van der Waals surface area contributed by atoms with Gasteiger partial charge in [-0.1, -0.05) is 42.5 Å². The normalized spacial score (nSPS) is 10.6. The van der Waals surface area contributed by atoms with Gasteiger partial charge in [-0.25, -0.2) is 0 Å². The van der Waals surface area contributed by atoms with Gasteiger partial charge in [0.25, 0.3) is 0 Å². The van der Waals surface area contributed by atoms with Crippen molar-refractivity contribution in [1.29, 1.82) is 0 Å². The maximum atomic E-state index is 12.2. The van der Waals surface area contributed by atoms with Crippen molar-refractivity contribution in [2.75, 3.05) is 0 Å². The molecule has 0 saturated heterocycles. The van der Waals surface area contributed by atoms with Gasteiger partial charge in [-0.15, -0.1) is 0 Å². The lowest BCUT2D eigenvalue weighted by Gasteiger charge is -2.02. The van der Waals surface area contributed by atoms with E-state index in [0.29, 0.717) is 11.1 Å². The molecule has 0 aliphatic rings. The molecule has 1 N–H and O–H groups in total. The molecule has 3 heteroatoms. The third-order valence-corrected chi connectivity index (χ3v) is 3.29. The van der Waals surface area contributed by atoms with Crippen LogP contribution in [0.15, 0.2) is 60.8 Å². The van der Waals surface area contributed by atoms with Crippen LogP contribution in [0.25, 0.3) is 10.9 Å². The van der Waals surface area contributed by atoms with Crippen molar-refractivity contribution in [3.63, 3.8) is 0 Å². The summed E-state index contributed by atoms with van der Waals surface area (Å²) >= 11 is 0. The molecule has 0 fully saturated rings. The summed E-state index contributed by atoms with van der Waals surface area (Å²) in [5, 5.41) is 1.05. The fourth-order valence-corrected chi connectivity index (χ4v) is 2.20. The molecule has 1 aromatic heterocycles. The number of aromatic nitrogens is 1. The largest absolute Gasteiger partial charge is 0.361 e. The van der Waals surface area contributed by atoms with Gasteiger partial charge in [-0.05, 0) is 17.5 Å². The van der Waals surface area contributed by atoms with Crippen molar-refractivity contribution in [2.24, 2.45) is 0 Å². The van der Waals surface area contributed by atoms with Gasteiger partial charge in [0, 0.05) is 24.3 Å². The summed E-state index contributed by atoms with van der Waals surface area (Å²) in [4.78, 5) is 27.2. The molecule has 0 bridgehead atoms. The smallest absolute Gasteiger partial charge is 0.170 e. The lowest BCUT2D eigenvalue weighted by Crippen LogP contribution is -2.08. The summed E-state index contributed by atoms with van der Waals surface area (Å²) in [6, 6.07) is 16.3. The first-order valence-corrected chi connectivity index (χ1v) is 6.42. The molecule has 0 atom stereocenters.